The van der Waals surface area contributed by atoms with Crippen LogP contribution in [0.5, 0.6) is 0 Å². The number of nitrogens with zero attached hydrogens (tertiary/aromatic N) is 1. The lowest BCUT2D eigenvalue weighted by atomic mass is 9.91. The zero-order chi connectivity index (χ0) is 15.0. The van der Waals surface area contributed by atoms with Crippen molar-refractivity contribution < 1.29 is 13.3 Å². The molecule has 1 aromatic rings. The molecule has 1 fully saturated rings. The van der Waals surface area contributed by atoms with Gasteiger partial charge in [-0.25, -0.2) is 8.42 Å². The lowest BCUT2D eigenvalue weighted by molar-refractivity contribution is -0.387. The second-order valence-corrected chi connectivity index (χ2v) is 7.24. The molecule has 0 aliphatic heterocycles. The fourth-order valence-electron chi connectivity index (χ4n) is 2.57. The first kappa shape index (κ1) is 14.9. The van der Waals surface area contributed by atoms with Crippen LogP contribution in [0.2, 0.25) is 0 Å². The maximum absolute atomic E-state index is 12.7. The number of rotatable bonds is 3. The van der Waals surface area contributed by atoms with Gasteiger partial charge in [0.2, 0.25) is 9.84 Å². The van der Waals surface area contributed by atoms with Gasteiger partial charge in [0.15, 0.2) is 0 Å². The average molecular weight is 299 g/mol. The zero-order valence-corrected chi connectivity index (χ0v) is 11.7. The Bertz CT molecular complexity index is 631. The van der Waals surface area contributed by atoms with Gasteiger partial charge in [0.05, 0.1) is 4.92 Å². The third-order valence-corrected chi connectivity index (χ3v) is 6.24. The molecule has 0 bridgehead atoms. The third-order valence-electron chi connectivity index (χ3n) is 3.81. The molecule has 0 radical (unpaired) electrons. The van der Waals surface area contributed by atoms with E-state index >= 15 is 0 Å². The molecule has 20 heavy (non-hydrogen) atoms. The van der Waals surface area contributed by atoms with E-state index in [9.17, 15) is 18.5 Å². The Kier molecular flexibility index (Phi) is 3.81. The van der Waals surface area contributed by atoms with Crippen LogP contribution in [0.15, 0.2) is 29.2 Å². The predicted molar refractivity (Wildman–Crippen MR) is 73.6 cm³/mol. The molecule has 1 aliphatic rings. The molecule has 0 saturated heterocycles. The molecular weight excluding hydrogens is 282 g/mol. The Morgan fingerprint density at radius 1 is 1.30 bits per heavy atom. The van der Waals surface area contributed by atoms with Crippen LogP contribution in [0.4, 0.5) is 5.69 Å². The molecule has 1 saturated carbocycles. The first-order valence-electron chi connectivity index (χ1n) is 6.33. The van der Waals surface area contributed by atoms with Crippen LogP contribution in [0.1, 0.15) is 25.7 Å². The van der Waals surface area contributed by atoms with Crippen LogP contribution < -0.4 is 11.5 Å². The van der Waals surface area contributed by atoms with Crippen molar-refractivity contribution in [2.24, 2.45) is 11.5 Å². The lowest BCUT2D eigenvalue weighted by Gasteiger charge is -2.38. The lowest BCUT2D eigenvalue weighted by Crippen LogP contribution is -2.62. The van der Waals surface area contributed by atoms with Crippen LogP contribution in [0.3, 0.4) is 0 Å². The number of hydrogen-bond donors (Lipinski definition) is 2. The number of benzene rings is 1. The number of para-hydroxylation sites is 1. The number of sulfone groups is 1. The Morgan fingerprint density at radius 3 is 2.55 bits per heavy atom. The summed E-state index contributed by atoms with van der Waals surface area (Å²) in [6.07, 6.45) is 2.16. The van der Waals surface area contributed by atoms with Crippen molar-refractivity contribution >= 4 is 15.5 Å². The van der Waals surface area contributed by atoms with Crippen LogP contribution >= 0.6 is 0 Å². The van der Waals surface area contributed by atoms with Gasteiger partial charge in [-0.1, -0.05) is 25.0 Å². The zero-order valence-electron chi connectivity index (χ0n) is 10.9. The fraction of sp³-hybridized carbons (Fsp3) is 0.500. The Hall–Kier alpha value is -1.51. The molecule has 2 rings (SSSR count). The molecule has 7 nitrogen and oxygen atoms in total. The van der Waals surface area contributed by atoms with Gasteiger partial charge in [0.1, 0.15) is 9.77 Å². The van der Waals surface area contributed by atoms with E-state index in [1.165, 1.54) is 18.2 Å². The molecule has 4 N–H and O–H groups in total. The molecule has 2 atom stereocenters. The summed E-state index contributed by atoms with van der Waals surface area (Å²) in [5.74, 6) is 0. The Balaban J connectivity index is 2.58. The molecule has 1 aliphatic carbocycles. The summed E-state index contributed by atoms with van der Waals surface area (Å²) in [7, 11) is -4.08. The monoisotopic (exact) mass is 299 g/mol. The predicted octanol–water partition coefficient (Wildman–Crippen LogP) is 0.925. The van der Waals surface area contributed by atoms with E-state index in [1.54, 1.807) is 0 Å². The molecule has 2 unspecified atom stereocenters. The van der Waals surface area contributed by atoms with Gasteiger partial charge in [-0.15, -0.1) is 0 Å². The number of nitro benzene ring substituents is 1. The molecule has 0 aromatic heterocycles. The van der Waals surface area contributed by atoms with Crippen molar-refractivity contribution in [3.05, 3.63) is 34.4 Å². The summed E-state index contributed by atoms with van der Waals surface area (Å²) in [6, 6.07) is 4.51. The molecular formula is C12H17N3O4S. The average Bonchev–Trinajstić information content (AvgIpc) is 2.42. The minimum atomic E-state index is -4.08. The van der Waals surface area contributed by atoms with Gasteiger partial charge in [-0.3, -0.25) is 10.1 Å². The first-order valence-corrected chi connectivity index (χ1v) is 7.81. The molecule has 8 heteroatoms. The summed E-state index contributed by atoms with van der Waals surface area (Å²) in [4.78, 5) is 8.29. The molecule has 1 aromatic carbocycles. The third kappa shape index (κ3) is 2.19. The standard InChI is InChI=1S/C12H17N3O4S/c13-11-7-3-4-8-12(11,14)20(18,19)10-6-2-1-5-9(10)15(16)17/h1-2,5-6,11H,3-4,7-8,13-14H2. The minimum absolute atomic E-state index is 0.211. The maximum Gasteiger partial charge on any atom is 0.288 e. The van der Waals surface area contributed by atoms with Crippen LogP contribution in [-0.4, -0.2) is 24.3 Å². The largest absolute Gasteiger partial charge is 0.325 e. The molecule has 0 spiro atoms. The van der Waals surface area contributed by atoms with Crippen molar-refractivity contribution in [1.82, 2.24) is 0 Å². The maximum atomic E-state index is 12.7. The number of hydrogen-bond acceptors (Lipinski definition) is 6. The first-order chi connectivity index (χ1) is 9.30. The van der Waals surface area contributed by atoms with E-state index < -0.39 is 31.4 Å². The second kappa shape index (κ2) is 5.12. The minimum Gasteiger partial charge on any atom is -0.325 e. The number of nitro groups is 1. The molecule has 110 valence electrons. The smallest absolute Gasteiger partial charge is 0.288 e. The molecule has 0 amide bonds. The summed E-state index contributed by atoms with van der Waals surface area (Å²) >= 11 is 0. The summed E-state index contributed by atoms with van der Waals surface area (Å²) in [5.41, 5.74) is 11.5. The normalized spacial score (nSPS) is 27.2. The topological polar surface area (TPSA) is 129 Å². The summed E-state index contributed by atoms with van der Waals surface area (Å²) < 4.78 is 25.5. The second-order valence-electron chi connectivity index (χ2n) is 5.04. The number of nitrogens with two attached hydrogens (primary N) is 2. The SMILES string of the molecule is NC1CCCCC1(N)S(=O)(=O)c1ccccc1[N+](=O)[O-]. The van der Waals surface area contributed by atoms with Crippen molar-refractivity contribution in [2.75, 3.05) is 0 Å². The van der Waals surface area contributed by atoms with Crippen molar-refractivity contribution in [1.29, 1.82) is 0 Å². The van der Waals surface area contributed by atoms with E-state index in [1.807, 2.05) is 0 Å². The van der Waals surface area contributed by atoms with Gasteiger partial charge in [-0.05, 0) is 18.9 Å². The van der Waals surface area contributed by atoms with Crippen LogP contribution in [0.25, 0.3) is 0 Å². The highest BCUT2D eigenvalue weighted by molar-refractivity contribution is 7.93. The summed E-state index contributed by atoms with van der Waals surface area (Å²) in [5, 5.41) is 11.0. The van der Waals surface area contributed by atoms with Crippen molar-refractivity contribution in [3.8, 4) is 0 Å². The van der Waals surface area contributed by atoms with E-state index in [0.717, 1.165) is 12.5 Å². The van der Waals surface area contributed by atoms with Crippen LogP contribution in [-0.2, 0) is 9.84 Å². The van der Waals surface area contributed by atoms with Gasteiger partial charge in [-0.2, -0.15) is 0 Å². The van der Waals surface area contributed by atoms with E-state index in [0.29, 0.717) is 12.8 Å². The molecule has 0 heterocycles. The highest BCUT2D eigenvalue weighted by Gasteiger charge is 2.49. The Labute approximate surface area is 117 Å². The van der Waals surface area contributed by atoms with Gasteiger partial charge in [0.25, 0.3) is 5.69 Å². The van der Waals surface area contributed by atoms with Crippen molar-refractivity contribution in [3.63, 3.8) is 0 Å². The Morgan fingerprint density at radius 2 is 1.95 bits per heavy atom. The van der Waals surface area contributed by atoms with Gasteiger partial charge >= 0.3 is 0 Å². The van der Waals surface area contributed by atoms with E-state index in [2.05, 4.69) is 0 Å². The van der Waals surface area contributed by atoms with E-state index in [-0.39, 0.29) is 11.3 Å². The highest BCUT2D eigenvalue weighted by Crippen LogP contribution is 2.37. The quantitative estimate of drug-likeness (QED) is 0.630. The summed E-state index contributed by atoms with van der Waals surface area (Å²) in [6.45, 7) is 0. The van der Waals surface area contributed by atoms with Crippen molar-refractivity contribution in [2.45, 2.75) is 41.5 Å². The fourth-order valence-corrected chi connectivity index (χ4v) is 4.58. The van der Waals surface area contributed by atoms with E-state index in [4.69, 9.17) is 11.5 Å². The van der Waals surface area contributed by atoms with Gasteiger partial charge in [0, 0.05) is 12.1 Å². The van der Waals surface area contributed by atoms with Crippen LogP contribution in [0, 0.1) is 10.1 Å². The van der Waals surface area contributed by atoms with Gasteiger partial charge < -0.3 is 11.5 Å². The highest BCUT2D eigenvalue weighted by atomic mass is 32.2.